The van der Waals surface area contributed by atoms with Crippen LogP contribution in [0, 0.1) is 12.8 Å². The molecule has 2 aromatic heterocycles. The first kappa shape index (κ1) is 27.9. The van der Waals surface area contributed by atoms with Crippen molar-refractivity contribution in [1.82, 2.24) is 19.7 Å². The molecule has 0 atom stereocenters. The minimum Gasteiger partial charge on any atom is -0.488 e. The highest BCUT2D eigenvalue weighted by Gasteiger charge is 2.25. The van der Waals surface area contributed by atoms with Gasteiger partial charge in [0.15, 0.2) is 5.82 Å². The lowest BCUT2D eigenvalue weighted by Gasteiger charge is -2.33. The number of aryl methyl sites for hydroxylation is 1. The van der Waals surface area contributed by atoms with Crippen LogP contribution in [0.15, 0.2) is 66.9 Å². The normalized spacial score (nSPS) is 13.9. The van der Waals surface area contributed by atoms with Crippen molar-refractivity contribution in [2.75, 3.05) is 18.8 Å². The van der Waals surface area contributed by atoms with Gasteiger partial charge in [0.25, 0.3) is 0 Å². The molecular weight excluding hydrogens is 518 g/mol. The first-order chi connectivity index (χ1) is 19.7. The lowest BCUT2D eigenvalue weighted by Crippen LogP contribution is -2.40. The maximum absolute atomic E-state index is 12.3. The number of likely N-dealkylation sites (tertiary alicyclic amines) is 1. The molecule has 1 aliphatic rings. The molecule has 0 radical (unpaired) electrons. The van der Waals surface area contributed by atoms with E-state index in [0.29, 0.717) is 24.0 Å². The van der Waals surface area contributed by atoms with Crippen LogP contribution >= 0.6 is 0 Å². The van der Waals surface area contributed by atoms with Crippen LogP contribution < -0.4 is 10.5 Å². The van der Waals surface area contributed by atoms with Crippen molar-refractivity contribution >= 4 is 17.7 Å². The van der Waals surface area contributed by atoms with Crippen molar-refractivity contribution in [3.05, 3.63) is 89.1 Å². The molecule has 4 aromatic rings. The van der Waals surface area contributed by atoms with Gasteiger partial charge in [0.2, 0.25) is 5.91 Å². The van der Waals surface area contributed by atoms with Crippen LogP contribution in [0.5, 0.6) is 5.75 Å². The molecule has 0 saturated carbocycles. The molecule has 0 aliphatic carbocycles. The fraction of sp³-hybridized carbons (Fsp3) is 0.312. The van der Waals surface area contributed by atoms with Crippen molar-refractivity contribution in [2.45, 2.75) is 46.1 Å². The maximum Gasteiger partial charge on any atom is 0.341 e. The molecule has 212 valence electrons. The quantitative estimate of drug-likeness (QED) is 0.297. The average molecular weight is 554 g/mol. The molecule has 9 heteroatoms. The summed E-state index contributed by atoms with van der Waals surface area (Å²) in [4.78, 5) is 30.4. The molecule has 9 nitrogen and oxygen atoms in total. The number of aromatic nitrogens is 3. The van der Waals surface area contributed by atoms with Crippen LogP contribution in [0.3, 0.4) is 0 Å². The summed E-state index contributed by atoms with van der Waals surface area (Å²) >= 11 is 0. The SMILES string of the molecule is Cc1cccc(-c2cccc(-n3ncc(C(=O)O)c3N)n2)c1OCc1ccc(C2CCN(C(=O)C(C)C)CC2)cc1. The predicted molar refractivity (Wildman–Crippen MR) is 157 cm³/mol. The number of aromatic carboxylic acids is 1. The predicted octanol–water partition coefficient (Wildman–Crippen LogP) is 5.46. The Hall–Kier alpha value is -4.66. The van der Waals surface area contributed by atoms with Gasteiger partial charge in [0.1, 0.15) is 23.7 Å². The standard InChI is InChI=1S/C32H35N5O4/c1-20(2)31(38)36-16-14-24(15-17-36)23-12-10-22(11-13-23)19-41-29-21(3)6-4-7-25(29)27-8-5-9-28(35-27)37-30(33)26(18-34-37)32(39)40/h4-13,18,20,24H,14-17,19,33H2,1-3H3,(H,39,40). The minimum atomic E-state index is -1.14. The number of amides is 1. The largest absolute Gasteiger partial charge is 0.488 e. The monoisotopic (exact) mass is 553 g/mol. The zero-order valence-corrected chi connectivity index (χ0v) is 23.6. The number of pyridine rings is 1. The highest BCUT2D eigenvalue weighted by molar-refractivity contribution is 5.92. The molecule has 0 spiro atoms. The number of benzene rings is 2. The van der Waals surface area contributed by atoms with E-state index in [2.05, 4.69) is 29.4 Å². The first-order valence-electron chi connectivity index (χ1n) is 13.9. The van der Waals surface area contributed by atoms with Gasteiger partial charge >= 0.3 is 5.97 Å². The number of carboxylic acids is 1. The zero-order chi connectivity index (χ0) is 29.1. The van der Waals surface area contributed by atoms with Crippen LogP contribution in [-0.2, 0) is 11.4 Å². The van der Waals surface area contributed by atoms with Gasteiger partial charge < -0.3 is 20.5 Å². The summed E-state index contributed by atoms with van der Waals surface area (Å²) in [7, 11) is 0. The van der Waals surface area contributed by atoms with E-state index in [0.717, 1.165) is 48.4 Å². The molecular formula is C32H35N5O4. The van der Waals surface area contributed by atoms with Crippen LogP contribution in [-0.4, -0.2) is 49.7 Å². The Morgan fingerprint density at radius 2 is 1.76 bits per heavy atom. The number of ether oxygens (including phenoxy) is 1. The van der Waals surface area contributed by atoms with E-state index in [1.165, 1.54) is 16.4 Å². The Morgan fingerprint density at radius 3 is 2.41 bits per heavy atom. The molecule has 0 unspecified atom stereocenters. The smallest absolute Gasteiger partial charge is 0.341 e. The molecule has 3 N–H and O–H groups in total. The van der Waals surface area contributed by atoms with Crippen molar-refractivity contribution in [2.24, 2.45) is 5.92 Å². The molecule has 1 aliphatic heterocycles. The molecule has 1 amide bonds. The number of carbonyl (C=O) groups excluding carboxylic acids is 1. The van der Waals surface area contributed by atoms with Crippen molar-refractivity contribution in [3.63, 3.8) is 0 Å². The third-order valence-corrected chi connectivity index (χ3v) is 7.61. The fourth-order valence-electron chi connectivity index (χ4n) is 5.28. The van der Waals surface area contributed by atoms with E-state index in [9.17, 15) is 14.7 Å². The van der Waals surface area contributed by atoms with Crippen molar-refractivity contribution < 1.29 is 19.4 Å². The number of nitrogen functional groups attached to an aromatic ring is 1. The number of hydrogen-bond donors (Lipinski definition) is 2. The number of carboxylic acid groups (broad SMARTS) is 1. The Labute approximate surface area is 239 Å². The van der Waals surface area contributed by atoms with Gasteiger partial charge in [0.05, 0.1) is 11.9 Å². The summed E-state index contributed by atoms with van der Waals surface area (Å²) in [5.74, 6) is 0.750. The number of anilines is 1. The van der Waals surface area contributed by atoms with Gasteiger partial charge in [-0.1, -0.05) is 56.3 Å². The Bertz CT molecular complexity index is 1550. The van der Waals surface area contributed by atoms with Crippen LogP contribution in [0.1, 0.15) is 59.7 Å². The number of nitrogens with two attached hydrogens (primary N) is 1. The van der Waals surface area contributed by atoms with Crippen molar-refractivity contribution in [1.29, 1.82) is 0 Å². The molecule has 0 bridgehead atoms. The summed E-state index contributed by atoms with van der Waals surface area (Å²) in [6.45, 7) is 7.92. The molecule has 2 aromatic carbocycles. The number of rotatable bonds is 8. The third-order valence-electron chi connectivity index (χ3n) is 7.61. The summed E-state index contributed by atoms with van der Waals surface area (Å²) in [5.41, 5.74) is 10.7. The van der Waals surface area contributed by atoms with Crippen LogP contribution in [0.25, 0.3) is 17.1 Å². The fourth-order valence-corrected chi connectivity index (χ4v) is 5.28. The van der Waals surface area contributed by atoms with E-state index < -0.39 is 5.97 Å². The first-order valence-corrected chi connectivity index (χ1v) is 13.9. The van der Waals surface area contributed by atoms with Crippen LogP contribution in [0.4, 0.5) is 5.82 Å². The van der Waals surface area contributed by atoms with Gasteiger partial charge in [-0.25, -0.2) is 9.78 Å². The van der Waals surface area contributed by atoms with Crippen molar-refractivity contribution in [3.8, 4) is 22.8 Å². The highest BCUT2D eigenvalue weighted by atomic mass is 16.5. The maximum atomic E-state index is 12.3. The second-order valence-electron chi connectivity index (χ2n) is 10.8. The number of nitrogens with zero attached hydrogens (tertiary/aromatic N) is 4. The van der Waals surface area contributed by atoms with E-state index in [-0.39, 0.29) is 23.2 Å². The lowest BCUT2D eigenvalue weighted by atomic mass is 9.88. The second-order valence-corrected chi connectivity index (χ2v) is 10.8. The Morgan fingerprint density at radius 1 is 1.05 bits per heavy atom. The molecule has 1 saturated heterocycles. The summed E-state index contributed by atoms with van der Waals surface area (Å²) < 4.78 is 7.67. The van der Waals surface area contributed by atoms with Gasteiger partial charge in [-0.05, 0) is 60.6 Å². The number of hydrogen-bond acceptors (Lipinski definition) is 6. The Balaban J connectivity index is 1.29. The highest BCUT2D eigenvalue weighted by Crippen LogP contribution is 2.34. The number of piperidine rings is 1. The number of carbonyl (C=O) groups is 2. The van der Waals surface area contributed by atoms with Gasteiger partial charge in [-0.15, -0.1) is 0 Å². The third kappa shape index (κ3) is 5.94. The summed E-state index contributed by atoms with van der Waals surface area (Å²) in [6, 6.07) is 19.9. The number of para-hydroxylation sites is 1. The zero-order valence-electron chi connectivity index (χ0n) is 23.6. The van der Waals surface area contributed by atoms with E-state index in [4.69, 9.17) is 15.5 Å². The topological polar surface area (TPSA) is 124 Å². The van der Waals surface area contributed by atoms with E-state index in [1.807, 2.05) is 56.0 Å². The van der Waals surface area contributed by atoms with Gasteiger partial charge in [-0.2, -0.15) is 9.78 Å². The lowest BCUT2D eigenvalue weighted by molar-refractivity contribution is -0.135. The minimum absolute atomic E-state index is 0.0147. The van der Waals surface area contributed by atoms with E-state index >= 15 is 0 Å². The molecule has 41 heavy (non-hydrogen) atoms. The molecule has 1 fully saturated rings. The van der Waals surface area contributed by atoms with E-state index in [1.54, 1.807) is 6.07 Å². The molecule has 3 heterocycles. The average Bonchev–Trinajstić information content (AvgIpc) is 3.38. The van der Waals surface area contributed by atoms with Gasteiger partial charge in [0, 0.05) is 24.6 Å². The molecule has 5 rings (SSSR count). The second kappa shape index (κ2) is 11.8. The Kier molecular flexibility index (Phi) is 8.05. The summed E-state index contributed by atoms with van der Waals surface area (Å²) in [5, 5.41) is 13.4. The van der Waals surface area contributed by atoms with Gasteiger partial charge in [-0.3, -0.25) is 4.79 Å². The van der Waals surface area contributed by atoms with Crippen LogP contribution in [0.2, 0.25) is 0 Å². The summed E-state index contributed by atoms with van der Waals surface area (Å²) in [6.07, 6.45) is 3.18.